The lowest BCUT2D eigenvalue weighted by atomic mass is 9.98. The predicted molar refractivity (Wildman–Crippen MR) is 68.9 cm³/mol. The molecule has 0 spiro atoms. The molecule has 1 aromatic heterocycles. The summed E-state index contributed by atoms with van der Waals surface area (Å²) < 4.78 is 5.23. The van der Waals surface area contributed by atoms with Crippen LogP contribution >= 0.6 is 0 Å². The molecule has 18 heavy (non-hydrogen) atoms. The molecule has 0 saturated carbocycles. The van der Waals surface area contributed by atoms with Crippen molar-refractivity contribution in [2.45, 2.75) is 18.9 Å². The third kappa shape index (κ3) is 2.80. The summed E-state index contributed by atoms with van der Waals surface area (Å²) in [6.45, 7) is 1.45. The van der Waals surface area contributed by atoms with E-state index in [0.29, 0.717) is 23.8 Å². The highest BCUT2D eigenvalue weighted by Gasteiger charge is 2.28. The van der Waals surface area contributed by atoms with Crippen molar-refractivity contribution in [2.24, 2.45) is 0 Å². The Morgan fingerprint density at radius 1 is 1.28 bits per heavy atom. The van der Waals surface area contributed by atoms with Crippen LogP contribution in [0.1, 0.15) is 13.3 Å². The van der Waals surface area contributed by atoms with Crippen LogP contribution in [0.4, 0.5) is 11.6 Å². The van der Waals surface area contributed by atoms with Crippen LogP contribution in [0, 0.1) is 0 Å². The maximum Gasteiger partial charge on any atom is 0.204 e. The minimum atomic E-state index is -0.827. The zero-order chi connectivity index (χ0) is 13.6. The number of anilines is 2. The fourth-order valence-corrected chi connectivity index (χ4v) is 1.53. The Morgan fingerprint density at radius 3 is 2.33 bits per heavy atom. The first kappa shape index (κ1) is 14.5. The molecular weight excluding hydrogens is 236 g/mol. The number of nitrogens with one attached hydrogen (secondary N) is 2. The molecule has 0 aliphatic rings. The minimum absolute atomic E-state index is 0.206. The lowest BCUT2D eigenvalue weighted by Crippen LogP contribution is -2.45. The summed E-state index contributed by atoms with van der Waals surface area (Å²) >= 11 is 0. The topological polar surface area (TPSA) is 99.5 Å². The maximum absolute atomic E-state index is 9.41. The Morgan fingerprint density at radius 2 is 1.89 bits per heavy atom. The van der Waals surface area contributed by atoms with Gasteiger partial charge in [-0.2, -0.15) is 0 Å². The number of methoxy groups -OCH3 is 1. The van der Waals surface area contributed by atoms with Gasteiger partial charge in [-0.1, -0.05) is 6.92 Å². The number of hydrogen-bond acceptors (Lipinski definition) is 7. The van der Waals surface area contributed by atoms with Crippen molar-refractivity contribution in [3.63, 3.8) is 0 Å². The largest absolute Gasteiger partial charge is 0.490 e. The van der Waals surface area contributed by atoms with Crippen LogP contribution in [0.15, 0.2) is 6.33 Å². The van der Waals surface area contributed by atoms with Crippen molar-refractivity contribution in [1.82, 2.24) is 9.97 Å². The summed E-state index contributed by atoms with van der Waals surface area (Å²) in [5, 5.41) is 24.7. The monoisotopic (exact) mass is 256 g/mol. The third-order valence-corrected chi connectivity index (χ3v) is 2.91. The van der Waals surface area contributed by atoms with E-state index in [-0.39, 0.29) is 13.2 Å². The Kier molecular flexibility index (Phi) is 5.11. The molecule has 0 fully saturated rings. The molecule has 0 amide bonds. The molecule has 1 rings (SSSR count). The molecular formula is C11H20N4O3. The first-order valence-corrected chi connectivity index (χ1v) is 5.73. The van der Waals surface area contributed by atoms with Crippen LogP contribution in [-0.4, -0.2) is 53.1 Å². The van der Waals surface area contributed by atoms with E-state index in [2.05, 4.69) is 20.6 Å². The number of aromatic nitrogens is 2. The maximum atomic E-state index is 9.41. The van der Waals surface area contributed by atoms with Gasteiger partial charge in [0.1, 0.15) is 6.33 Å². The first-order valence-electron chi connectivity index (χ1n) is 5.73. The van der Waals surface area contributed by atoms with Crippen LogP contribution in [0.2, 0.25) is 0 Å². The van der Waals surface area contributed by atoms with E-state index < -0.39 is 5.54 Å². The van der Waals surface area contributed by atoms with Gasteiger partial charge < -0.3 is 25.6 Å². The van der Waals surface area contributed by atoms with Crippen molar-refractivity contribution in [1.29, 1.82) is 0 Å². The van der Waals surface area contributed by atoms with Gasteiger partial charge in [-0.05, 0) is 6.42 Å². The highest BCUT2D eigenvalue weighted by molar-refractivity contribution is 5.64. The summed E-state index contributed by atoms with van der Waals surface area (Å²) in [5.41, 5.74) is -0.827. The summed E-state index contributed by atoms with van der Waals surface area (Å²) in [7, 11) is 3.23. The second-order valence-electron chi connectivity index (χ2n) is 3.93. The van der Waals surface area contributed by atoms with Gasteiger partial charge in [-0.25, -0.2) is 9.97 Å². The van der Waals surface area contributed by atoms with Gasteiger partial charge in [0.2, 0.25) is 5.75 Å². The third-order valence-electron chi connectivity index (χ3n) is 2.91. The molecule has 0 saturated heterocycles. The van der Waals surface area contributed by atoms with Crippen LogP contribution in [0.25, 0.3) is 0 Å². The highest BCUT2D eigenvalue weighted by Crippen LogP contribution is 2.31. The number of rotatable bonds is 7. The second kappa shape index (κ2) is 6.36. The summed E-state index contributed by atoms with van der Waals surface area (Å²) in [5.74, 6) is 1.41. The SMILES string of the molecule is CCC(CO)(CO)Nc1ncnc(NC)c1OC. The molecule has 0 unspecified atom stereocenters. The summed E-state index contributed by atoms with van der Waals surface area (Å²) in [6, 6.07) is 0. The van der Waals surface area contributed by atoms with E-state index in [0.717, 1.165) is 0 Å². The lowest BCUT2D eigenvalue weighted by Gasteiger charge is -2.30. The molecule has 1 heterocycles. The smallest absolute Gasteiger partial charge is 0.204 e. The Labute approximate surface area is 106 Å². The van der Waals surface area contributed by atoms with Crippen LogP contribution in [-0.2, 0) is 0 Å². The molecule has 102 valence electrons. The van der Waals surface area contributed by atoms with Gasteiger partial charge in [0.15, 0.2) is 11.6 Å². The van der Waals surface area contributed by atoms with E-state index in [1.807, 2.05) is 6.92 Å². The normalized spacial score (nSPS) is 11.2. The molecule has 0 radical (unpaired) electrons. The lowest BCUT2D eigenvalue weighted by molar-refractivity contribution is 0.132. The molecule has 0 aliphatic carbocycles. The van der Waals surface area contributed by atoms with Crippen LogP contribution < -0.4 is 15.4 Å². The van der Waals surface area contributed by atoms with E-state index >= 15 is 0 Å². The molecule has 0 bridgehead atoms. The van der Waals surface area contributed by atoms with Gasteiger partial charge in [-0.15, -0.1) is 0 Å². The molecule has 0 aliphatic heterocycles. The van der Waals surface area contributed by atoms with Gasteiger partial charge in [0.25, 0.3) is 0 Å². The average Bonchev–Trinajstić information content (AvgIpc) is 2.44. The number of aliphatic hydroxyl groups excluding tert-OH is 2. The summed E-state index contributed by atoms with van der Waals surface area (Å²) in [6.07, 6.45) is 1.92. The van der Waals surface area contributed by atoms with Crippen molar-refractivity contribution >= 4 is 11.6 Å². The van der Waals surface area contributed by atoms with Crippen LogP contribution in [0.3, 0.4) is 0 Å². The number of hydrogen-bond donors (Lipinski definition) is 4. The van der Waals surface area contributed by atoms with Gasteiger partial charge in [0.05, 0.1) is 25.9 Å². The molecule has 7 nitrogen and oxygen atoms in total. The number of aliphatic hydroxyl groups is 2. The Hall–Kier alpha value is -1.60. The highest BCUT2D eigenvalue weighted by atomic mass is 16.5. The van der Waals surface area contributed by atoms with Crippen LogP contribution in [0.5, 0.6) is 5.75 Å². The van der Waals surface area contributed by atoms with E-state index in [1.54, 1.807) is 7.05 Å². The van der Waals surface area contributed by atoms with Crippen molar-refractivity contribution < 1.29 is 14.9 Å². The van der Waals surface area contributed by atoms with Crippen molar-refractivity contribution in [2.75, 3.05) is 38.0 Å². The van der Waals surface area contributed by atoms with Gasteiger partial charge >= 0.3 is 0 Å². The molecule has 0 aromatic carbocycles. The molecule has 1 aromatic rings. The summed E-state index contributed by atoms with van der Waals surface area (Å²) in [4.78, 5) is 8.10. The fourth-order valence-electron chi connectivity index (χ4n) is 1.53. The van der Waals surface area contributed by atoms with E-state index in [1.165, 1.54) is 13.4 Å². The zero-order valence-electron chi connectivity index (χ0n) is 10.9. The molecule has 4 N–H and O–H groups in total. The fraction of sp³-hybridized carbons (Fsp3) is 0.636. The van der Waals surface area contributed by atoms with E-state index in [9.17, 15) is 10.2 Å². The quantitative estimate of drug-likeness (QED) is 0.548. The van der Waals surface area contributed by atoms with E-state index in [4.69, 9.17) is 4.74 Å². The zero-order valence-corrected chi connectivity index (χ0v) is 10.9. The van der Waals surface area contributed by atoms with Crippen molar-refractivity contribution in [3.8, 4) is 5.75 Å². The molecule has 0 atom stereocenters. The molecule has 7 heteroatoms. The van der Waals surface area contributed by atoms with Crippen molar-refractivity contribution in [3.05, 3.63) is 6.33 Å². The second-order valence-corrected chi connectivity index (χ2v) is 3.93. The van der Waals surface area contributed by atoms with Gasteiger partial charge in [-0.3, -0.25) is 0 Å². The minimum Gasteiger partial charge on any atom is -0.490 e. The Balaban J connectivity index is 3.09. The first-order chi connectivity index (χ1) is 8.66. The number of ether oxygens (including phenoxy) is 1. The average molecular weight is 256 g/mol. The Bertz CT molecular complexity index is 374. The van der Waals surface area contributed by atoms with Gasteiger partial charge in [0, 0.05) is 7.05 Å². The number of nitrogens with zero attached hydrogens (tertiary/aromatic N) is 2. The predicted octanol–water partition coefficient (Wildman–Crippen LogP) is 0.0722. The standard InChI is InChI=1S/C11H20N4O3/c1-4-11(5-16,6-17)15-10-8(18-3)9(12-2)13-7-14-10/h7,16-17H,4-6H2,1-3H3,(H2,12,13,14,15).